The number of aromatic hydroxyl groups is 1. The van der Waals surface area contributed by atoms with Crippen LogP contribution in [0.1, 0.15) is 0 Å². The molecule has 0 radical (unpaired) electrons. The third-order valence-corrected chi connectivity index (χ3v) is 4.89. The van der Waals surface area contributed by atoms with Gasteiger partial charge in [-0.25, -0.2) is 4.98 Å². The van der Waals surface area contributed by atoms with E-state index in [-0.39, 0.29) is 27.5 Å². The summed E-state index contributed by atoms with van der Waals surface area (Å²) in [5.74, 6) is 0.225. The summed E-state index contributed by atoms with van der Waals surface area (Å²) >= 11 is 19.0. The van der Waals surface area contributed by atoms with Gasteiger partial charge in [-0.3, -0.25) is 9.89 Å². The fourth-order valence-electron chi connectivity index (χ4n) is 2.07. The molecule has 0 spiro atoms. The van der Waals surface area contributed by atoms with Gasteiger partial charge in [-0.15, -0.1) is 5.10 Å². The first-order chi connectivity index (χ1) is 12.4. The molecule has 3 rings (SSSR count). The lowest BCUT2D eigenvalue weighted by atomic mass is 10.2. The predicted octanol–water partition coefficient (Wildman–Crippen LogP) is 4.87. The molecular formula is C16H11Cl3N4O2S. The molecule has 0 aliphatic carbocycles. The van der Waals surface area contributed by atoms with Crippen LogP contribution in [0, 0.1) is 0 Å². The van der Waals surface area contributed by atoms with Gasteiger partial charge in [0.25, 0.3) is 0 Å². The van der Waals surface area contributed by atoms with Gasteiger partial charge in [-0.1, -0.05) is 58.7 Å². The fraction of sp³-hybridized carbons (Fsp3) is 0.0625. The van der Waals surface area contributed by atoms with Crippen molar-refractivity contribution in [3.63, 3.8) is 0 Å². The molecule has 2 aromatic carbocycles. The van der Waals surface area contributed by atoms with Crippen LogP contribution in [0.2, 0.25) is 15.1 Å². The third-order valence-electron chi connectivity index (χ3n) is 3.23. The minimum Gasteiger partial charge on any atom is -0.507 e. The molecule has 0 aliphatic rings. The Hall–Kier alpha value is -1.93. The molecule has 1 heterocycles. The van der Waals surface area contributed by atoms with Gasteiger partial charge in [0.15, 0.2) is 5.82 Å². The Morgan fingerprint density at radius 3 is 2.58 bits per heavy atom. The molecular weight excluding hydrogens is 419 g/mol. The summed E-state index contributed by atoms with van der Waals surface area (Å²) in [6.45, 7) is 0. The number of carbonyl (C=O) groups excluding carboxylic acids is 1. The summed E-state index contributed by atoms with van der Waals surface area (Å²) < 4.78 is 0. The van der Waals surface area contributed by atoms with Gasteiger partial charge in [-0.2, -0.15) is 0 Å². The number of nitrogens with one attached hydrogen (secondary N) is 2. The number of H-pyrrole nitrogens is 1. The Labute approximate surface area is 167 Å². The highest BCUT2D eigenvalue weighted by molar-refractivity contribution is 7.99. The molecule has 3 aromatic rings. The smallest absolute Gasteiger partial charge is 0.234 e. The number of phenols is 1. The summed E-state index contributed by atoms with van der Waals surface area (Å²) in [6, 6.07) is 9.73. The first-order valence-corrected chi connectivity index (χ1v) is 9.34. The lowest BCUT2D eigenvalue weighted by Crippen LogP contribution is -2.14. The maximum Gasteiger partial charge on any atom is 0.234 e. The van der Waals surface area contributed by atoms with Gasteiger partial charge in [0, 0.05) is 5.02 Å². The van der Waals surface area contributed by atoms with Crippen molar-refractivity contribution in [1.29, 1.82) is 0 Å². The number of benzene rings is 2. The molecule has 3 N–H and O–H groups in total. The number of hydrogen-bond donors (Lipinski definition) is 3. The minimum absolute atomic E-state index is 0.0490. The van der Waals surface area contributed by atoms with E-state index < -0.39 is 0 Å². The van der Waals surface area contributed by atoms with Gasteiger partial charge >= 0.3 is 0 Å². The molecule has 1 aromatic heterocycles. The number of aromatic nitrogens is 3. The molecule has 0 atom stereocenters. The Kier molecular flexibility index (Phi) is 5.93. The van der Waals surface area contributed by atoms with Crippen molar-refractivity contribution in [2.75, 3.05) is 11.1 Å². The van der Waals surface area contributed by atoms with Crippen molar-refractivity contribution in [2.45, 2.75) is 5.16 Å². The van der Waals surface area contributed by atoms with Crippen LogP contribution < -0.4 is 5.32 Å². The number of anilines is 1. The van der Waals surface area contributed by atoms with Crippen LogP contribution in [-0.2, 0) is 4.79 Å². The van der Waals surface area contributed by atoms with E-state index in [1.165, 1.54) is 12.1 Å². The number of amides is 1. The number of thioether (sulfide) groups is 1. The number of para-hydroxylation sites is 1. The first kappa shape index (κ1) is 18.8. The van der Waals surface area contributed by atoms with Crippen molar-refractivity contribution in [3.05, 3.63) is 51.5 Å². The Morgan fingerprint density at radius 2 is 1.88 bits per heavy atom. The number of aromatic amines is 1. The number of carbonyl (C=O) groups is 1. The van der Waals surface area contributed by atoms with Crippen LogP contribution in [0.3, 0.4) is 0 Å². The largest absolute Gasteiger partial charge is 0.507 e. The summed E-state index contributed by atoms with van der Waals surface area (Å²) in [4.78, 5) is 16.4. The lowest BCUT2D eigenvalue weighted by Gasteiger charge is -2.09. The van der Waals surface area contributed by atoms with E-state index in [1.54, 1.807) is 24.3 Å². The van der Waals surface area contributed by atoms with Crippen LogP contribution in [0.15, 0.2) is 41.6 Å². The van der Waals surface area contributed by atoms with Crippen molar-refractivity contribution < 1.29 is 9.90 Å². The maximum atomic E-state index is 12.1. The topological polar surface area (TPSA) is 90.9 Å². The molecule has 0 unspecified atom stereocenters. The lowest BCUT2D eigenvalue weighted by molar-refractivity contribution is -0.113. The molecule has 0 aliphatic heterocycles. The predicted molar refractivity (Wildman–Crippen MR) is 104 cm³/mol. The highest BCUT2D eigenvalue weighted by Crippen LogP contribution is 2.34. The van der Waals surface area contributed by atoms with Gasteiger partial charge in [-0.05, 0) is 24.3 Å². The number of hydrogen-bond acceptors (Lipinski definition) is 5. The molecule has 26 heavy (non-hydrogen) atoms. The summed E-state index contributed by atoms with van der Waals surface area (Å²) in [5, 5.41) is 20.5. The van der Waals surface area contributed by atoms with Crippen LogP contribution in [0.25, 0.3) is 11.4 Å². The van der Waals surface area contributed by atoms with Crippen molar-refractivity contribution in [2.24, 2.45) is 0 Å². The van der Waals surface area contributed by atoms with Crippen molar-refractivity contribution in [3.8, 4) is 17.1 Å². The Bertz CT molecular complexity index is 941. The van der Waals surface area contributed by atoms with Gasteiger partial charge in [0.05, 0.1) is 27.0 Å². The van der Waals surface area contributed by atoms with Gasteiger partial charge in [0.2, 0.25) is 11.1 Å². The maximum absolute atomic E-state index is 12.1. The first-order valence-electron chi connectivity index (χ1n) is 7.22. The highest BCUT2D eigenvalue weighted by Gasteiger charge is 2.14. The zero-order chi connectivity index (χ0) is 18.7. The molecule has 134 valence electrons. The van der Waals surface area contributed by atoms with E-state index in [0.717, 1.165) is 11.8 Å². The second-order valence-electron chi connectivity index (χ2n) is 5.07. The summed E-state index contributed by atoms with van der Waals surface area (Å²) in [6.07, 6.45) is 0. The summed E-state index contributed by atoms with van der Waals surface area (Å²) in [7, 11) is 0. The number of nitrogens with zero attached hydrogens (tertiary/aromatic N) is 2. The molecule has 10 heteroatoms. The minimum atomic E-state index is -0.324. The van der Waals surface area contributed by atoms with E-state index in [0.29, 0.717) is 27.3 Å². The Morgan fingerprint density at radius 1 is 1.19 bits per heavy atom. The molecule has 0 saturated heterocycles. The Balaban J connectivity index is 1.63. The zero-order valence-electron chi connectivity index (χ0n) is 13.0. The van der Waals surface area contributed by atoms with Crippen LogP contribution in [0.4, 0.5) is 5.69 Å². The fourth-order valence-corrected chi connectivity index (χ4v) is 3.58. The normalized spacial score (nSPS) is 10.7. The second kappa shape index (κ2) is 8.18. The number of rotatable bonds is 5. The van der Waals surface area contributed by atoms with E-state index in [4.69, 9.17) is 34.8 Å². The average molecular weight is 430 g/mol. The number of halogens is 3. The van der Waals surface area contributed by atoms with Crippen molar-refractivity contribution >= 4 is 58.2 Å². The second-order valence-corrected chi connectivity index (χ2v) is 7.26. The molecule has 0 fully saturated rings. The van der Waals surface area contributed by atoms with Crippen LogP contribution in [-0.4, -0.2) is 31.9 Å². The van der Waals surface area contributed by atoms with E-state index in [9.17, 15) is 9.90 Å². The van der Waals surface area contributed by atoms with Gasteiger partial charge < -0.3 is 10.4 Å². The van der Waals surface area contributed by atoms with Crippen LogP contribution >= 0.6 is 46.6 Å². The van der Waals surface area contributed by atoms with E-state index in [1.807, 2.05) is 0 Å². The van der Waals surface area contributed by atoms with Crippen molar-refractivity contribution in [1.82, 2.24) is 15.2 Å². The van der Waals surface area contributed by atoms with E-state index in [2.05, 4.69) is 20.5 Å². The molecule has 0 bridgehead atoms. The summed E-state index contributed by atoms with van der Waals surface area (Å²) in [5.41, 5.74) is 0.823. The molecule has 1 amide bonds. The van der Waals surface area contributed by atoms with Crippen LogP contribution in [0.5, 0.6) is 5.75 Å². The standard InChI is InChI=1S/C16H11Cl3N4O2S/c17-8-5-10(18)14(11(19)6-8)20-13(25)7-26-16-21-15(22-23-16)9-3-1-2-4-12(9)24/h1-6,24H,7H2,(H,20,25)(H,21,22,23). The molecule has 0 saturated carbocycles. The van der Waals surface area contributed by atoms with E-state index >= 15 is 0 Å². The molecule has 6 nitrogen and oxygen atoms in total. The third kappa shape index (κ3) is 4.42. The zero-order valence-corrected chi connectivity index (χ0v) is 16.0. The van der Waals surface area contributed by atoms with Gasteiger partial charge in [0.1, 0.15) is 5.75 Å². The number of phenolic OH excluding ortho intramolecular Hbond substituents is 1. The SMILES string of the molecule is O=C(CSc1n[nH]c(-c2ccccc2O)n1)Nc1c(Cl)cc(Cl)cc1Cl. The quantitative estimate of drug-likeness (QED) is 0.503. The highest BCUT2D eigenvalue weighted by atomic mass is 35.5. The average Bonchev–Trinajstić information content (AvgIpc) is 3.05. The monoisotopic (exact) mass is 428 g/mol.